The molecule has 0 atom stereocenters. The Morgan fingerprint density at radius 3 is 2.24 bits per heavy atom. The normalized spacial score (nSPS) is 15.6. The van der Waals surface area contributed by atoms with Crippen molar-refractivity contribution < 1.29 is 18.0 Å². The van der Waals surface area contributed by atoms with Crippen molar-refractivity contribution in [3.8, 4) is 0 Å². The average Bonchev–Trinajstić information content (AvgIpc) is 2.31. The lowest BCUT2D eigenvalue weighted by molar-refractivity contribution is -0.123. The number of carbonyl (C=O) groups is 2. The molecule has 1 aliphatic heterocycles. The minimum atomic E-state index is -3.84. The van der Waals surface area contributed by atoms with Crippen molar-refractivity contribution in [2.75, 3.05) is 10.6 Å². The molecule has 0 fully saturated rings. The van der Waals surface area contributed by atoms with Crippen LogP contribution in [-0.2, 0) is 19.6 Å². The summed E-state index contributed by atoms with van der Waals surface area (Å²) < 4.78 is 22.3. The van der Waals surface area contributed by atoms with Gasteiger partial charge in [0, 0.05) is 0 Å². The van der Waals surface area contributed by atoms with E-state index in [1.807, 2.05) is 0 Å². The molecular weight excluding hydrogens is 246 g/mol. The third kappa shape index (κ3) is 2.43. The number of nitrogens with one attached hydrogen (secondary N) is 2. The molecular formula is C9H9N3O4S. The van der Waals surface area contributed by atoms with E-state index in [1.54, 1.807) is 0 Å². The second-order valence-electron chi connectivity index (χ2n) is 3.53. The van der Waals surface area contributed by atoms with E-state index >= 15 is 0 Å². The van der Waals surface area contributed by atoms with Gasteiger partial charge < -0.3 is 10.6 Å². The van der Waals surface area contributed by atoms with Crippen molar-refractivity contribution in [2.24, 2.45) is 5.14 Å². The van der Waals surface area contributed by atoms with Gasteiger partial charge in [0.2, 0.25) is 21.8 Å². The van der Waals surface area contributed by atoms with Gasteiger partial charge in [-0.25, -0.2) is 13.6 Å². The molecule has 1 aromatic rings. The number of fused-ring (bicyclic) bond motifs is 1. The smallest absolute Gasteiger partial charge is 0.238 e. The van der Waals surface area contributed by atoms with Gasteiger partial charge in [0.25, 0.3) is 0 Å². The second kappa shape index (κ2) is 3.82. The quantitative estimate of drug-likeness (QED) is 0.592. The number of anilines is 2. The van der Waals surface area contributed by atoms with Crippen molar-refractivity contribution in [3.63, 3.8) is 0 Å². The van der Waals surface area contributed by atoms with Gasteiger partial charge in [-0.3, -0.25) is 9.59 Å². The minimum absolute atomic E-state index is 0.132. The zero-order chi connectivity index (χ0) is 12.6. The fourth-order valence-electron chi connectivity index (χ4n) is 1.45. The number of amides is 2. The maximum absolute atomic E-state index is 11.3. The van der Waals surface area contributed by atoms with Crippen LogP contribution in [0.3, 0.4) is 0 Å². The molecule has 0 saturated carbocycles. The van der Waals surface area contributed by atoms with Crippen LogP contribution in [0, 0.1) is 0 Å². The molecule has 0 aromatic heterocycles. The first kappa shape index (κ1) is 11.6. The van der Waals surface area contributed by atoms with E-state index in [0.29, 0.717) is 5.69 Å². The predicted octanol–water partition coefficient (Wildman–Crippen LogP) is -0.385. The van der Waals surface area contributed by atoms with Crippen LogP contribution in [0.2, 0.25) is 0 Å². The van der Waals surface area contributed by atoms with E-state index in [9.17, 15) is 18.0 Å². The minimum Gasteiger partial charge on any atom is -0.324 e. The molecule has 0 aliphatic carbocycles. The summed E-state index contributed by atoms with van der Waals surface area (Å²) >= 11 is 0. The third-order valence-corrected chi connectivity index (χ3v) is 3.10. The van der Waals surface area contributed by atoms with Gasteiger partial charge in [-0.15, -0.1) is 0 Å². The van der Waals surface area contributed by atoms with Gasteiger partial charge in [-0.1, -0.05) is 0 Å². The zero-order valence-corrected chi connectivity index (χ0v) is 9.37. The van der Waals surface area contributed by atoms with E-state index in [4.69, 9.17) is 5.14 Å². The summed E-state index contributed by atoms with van der Waals surface area (Å²) in [5, 5.41) is 9.86. The van der Waals surface area contributed by atoms with Crippen LogP contribution in [0.25, 0.3) is 0 Å². The number of hydrogen-bond donors (Lipinski definition) is 3. The number of carbonyl (C=O) groups excluding carboxylic acids is 2. The summed E-state index contributed by atoms with van der Waals surface area (Å²) in [6.07, 6.45) is -0.306. The molecule has 1 aliphatic rings. The van der Waals surface area contributed by atoms with E-state index < -0.39 is 21.8 Å². The van der Waals surface area contributed by atoms with Gasteiger partial charge in [0.1, 0.15) is 6.42 Å². The van der Waals surface area contributed by atoms with Crippen LogP contribution in [0.1, 0.15) is 6.42 Å². The fraction of sp³-hybridized carbons (Fsp3) is 0.111. The van der Waals surface area contributed by atoms with Crippen LogP contribution in [-0.4, -0.2) is 20.2 Å². The number of sulfonamides is 1. The molecule has 1 heterocycles. The van der Waals surface area contributed by atoms with E-state index in [1.165, 1.54) is 18.2 Å². The molecule has 0 radical (unpaired) electrons. The van der Waals surface area contributed by atoms with Gasteiger partial charge in [0.05, 0.1) is 16.3 Å². The monoisotopic (exact) mass is 255 g/mol. The number of primary sulfonamides is 1. The summed E-state index contributed by atoms with van der Waals surface area (Å²) in [6, 6.07) is 3.83. The highest BCUT2D eigenvalue weighted by atomic mass is 32.2. The van der Waals surface area contributed by atoms with Crippen molar-refractivity contribution in [3.05, 3.63) is 18.2 Å². The first-order valence-corrected chi connectivity index (χ1v) is 6.17. The zero-order valence-electron chi connectivity index (χ0n) is 8.56. The fourth-order valence-corrected chi connectivity index (χ4v) is 1.99. The number of benzene rings is 1. The largest absolute Gasteiger partial charge is 0.324 e. The maximum Gasteiger partial charge on any atom is 0.238 e. The lowest BCUT2D eigenvalue weighted by Gasteiger charge is -2.08. The van der Waals surface area contributed by atoms with Crippen molar-refractivity contribution in [1.29, 1.82) is 0 Å². The van der Waals surface area contributed by atoms with Crippen LogP contribution in [0.5, 0.6) is 0 Å². The van der Waals surface area contributed by atoms with E-state index in [-0.39, 0.29) is 17.0 Å². The van der Waals surface area contributed by atoms with Gasteiger partial charge in [-0.05, 0) is 18.2 Å². The van der Waals surface area contributed by atoms with E-state index in [2.05, 4.69) is 10.6 Å². The molecule has 0 bridgehead atoms. The van der Waals surface area contributed by atoms with Gasteiger partial charge >= 0.3 is 0 Å². The molecule has 2 rings (SSSR count). The Morgan fingerprint density at radius 1 is 1.06 bits per heavy atom. The Balaban J connectivity index is 2.52. The molecule has 4 N–H and O–H groups in total. The Kier molecular flexibility index (Phi) is 2.60. The standard InChI is InChI=1S/C9H9N3O4S/c10-17(15,16)5-1-2-6-7(3-5)12-9(14)4-8(13)11-6/h1-3H,4H2,(H,11,13)(H,12,14)(H2,10,15,16). The Morgan fingerprint density at radius 2 is 1.65 bits per heavy atom. The highest BCUT2D eigenvalue weighted by molar-refractivity contribution is 7.89. The molecule has 8 heteroatoms. The van der Waals surface area contributed by atoms with Crippen molar-refractivity contribution >= 4 is 33.2 Å². The lowest BCUT2D eigenvalue weighted by Crippen LogP contribution is -2.16. The molecule has 0 saturated heterocycles. The molecule has 1 aromatic carbocycles. The van der Waals surface area contributed by atoms with Crippen molar-refractivity contribution in [2.45, 2.75) is 11.3 Å². The Bertz CT molecular complexity index is 609. The van der Waals surface area contributed by atoms with Crippen LogP contribution in [0.15, 0.2) is 23.1 Å². The molecule has 2 amide bonds. The average molecular weight is 255 g/mol. The first-order chi connectivity index (χ1) is 7.86. The van der Waals surface area contributed by atoms with Crippen LogP contribution in [0.4, 0.5) is 11.4 Å². The molecule has 90 valence electrons. The molecule has 0 unspecified atom stereocenters. The summed E-state index contributed by atoms with van der Waals surface area (Å²) in [7, 11) is -3.84. The molecule has 0 spiro atoms. The summed E-state index contributed by atoms with van der Waals surface area (Å²) in [6.45, 7) is 0. The molecule has 17 heavy (non-hydrogen) atoms. The second-order valence-corrected chi connectivity index (χ2v) is 5.09. The summed E-state index contributed by atoms with van der Waals surface area (Å²) in [4.78, 5) is 22.4. The van der Waals surface area contributed by atoms with Crippen molar-refractivity contribution in [1.82, 2.24) is 0 Å². The summed E-state index contributed by atoms with van der Waals surface area (Å²) in [5.74, 6) is -0.961. The topological polar surface area (TPSA) is 118 Å². The Hall–Kier alpha value is -1.93. The van der Waals surface area contributed by atoms with Gasteiger partial charge in [-0.2, -0.15) is 0 Å². The first-order valence-electron chi connectivity index (χ1n) is 4.63. The number of nitrogens with two attached hydrogens (primary N) is 1. The number of rotatable bonds is 1. The van der Waals surface area contributed by atoms with Crippen LogP contribution < -0.4 is 15.8 Å². The highest BCUT2D eigenvalue weighted by Crippen LogP contribution is 2.27. The third-order valence-electron chi connectivity index (χ3n) is 2.19. The van der Waals surface area contributed by atoms with E-state index in [0.717, 1.165) is 0 Å². The molecule has 7 nitrogen and oxygen atoms in total. The Labute approximate surface area is 97.0 Å². The summed E-state index contributed by atoms with van der Waals surface area (Å²) in [5.41, 5.74) is 0.556. The lowest BCUT2D eigenvalue weighted by atomic mass is 10.2. The highest BCUT2D eigenvalue weighted by Gasteiger charge is 2.20. The maximum atomic E-state index is 11.3. The van der Waals surface area contributed by atoms with Crippen LogP contribution >= 0.6 is 0 Å². The predicted molar refractivity (Wildman–Crippen MR) is 59.7 cm³/mol. The SMILES string of the molecule is NS(=O)(=O)c1ccc2c(c1)NC(=O)CC(=O)N2. The number of hydrogen-bond acceptors (Lipinski definition) is 4. The van der Waals surface area contributed by atoms with Gasteiger partial charge in [0.15, 0.2) is 0 Å².